The van der Waals surface area contributed by atoms with Gasteiger partial charge in [0.25, 0.3) is 0 Å². The molecule has 1 atom stereocenters. The van der Waals surface area contributed by atoms with Crippen LogP contribution in [0.4, 0.5) is 4.79 Å². The van der Waals surface area contributed by atoms with E-state index in [-0.39, 0.29) is 0 Å². The van der Waals surface area contributed by atoms with Crippen molar-refractivity contribution in [1.29, 1.82) is 0 Å². The van der Waals surface area contributed by atoms with Crippen LogP contribution in [-0.4, -0.2) is 9.88 Å². The standard InChI is InChI=1S/CHCl2O3P/c2-1(4)7(3,5)6/h(H,5,6). The normalized spacial score (nSPS) is 18.1. The van der Waals surface area contributed by atoms with E-state index in [0.29, 0.717) is 0 Å². The molecule has 0 saturated carbocycles. The van der Waals surface area contributed by atoms with E-state index >= 15 is 0 Å². The molecule has 1 N–H and O–H groups in total. The van der Waals surface area contributed by atoms with Crippen LogP contribution in [0.2, 0.25) is 0 Å². The molecule has 0 aliphatic carbocycles. The lowest BCUT2D eigenvalue weighted by Gasteiger charge is -1.87. The van der Waals surface area contributed by atoms with Crippen LogP contribution >= 0.6 is 29.6 Å². The summed E-state index contributed by atoms with van der Waals surface area (Å²) in [4.78, 5) is 16.1. The molecule has 0 spiro atoms. The number of rotatable bonds is 1. The molecule has 0 aromatic heterocycles. The molecular formula is CHCl2O3P. The van der Waals surface area contributed by atoms with Gasteiger partial charge in [-0.15, -0.1) is 0 Å². The van der Waals surface area contributed by atoms with E-state index in [0.717, 1.165) is 0 Å². The van der Waals surface area contributed by atoms with Crippen molar-refractivity contribution in [2.45, 2.75) is 0 Å². The highest BCUT2D eigenvalue weighted by molar-refractivity contribution is 8.00. The SMILES string of the molecule is O=C(Cl)P(=O)(O)Cl. The zero-order valence-corrected chi connectivity index (χ0v) is 5.37. The van der Waals surface area contributed by atoms with E-state index in [1.807, 2.05) is 0 Å². The number of carbonyl (C=O) groups is 1. The van der Waals surface area contributed by atoms with Gasteiger partial charge in [-0.2, -0.15) is 0 Å². The van der Waals surface area contributed by atoms with Gasteiger partial charge in [-0.1, -0.05) is 0 Å². The predicted octanol–water partition coefficient (Wildman–Crippen LogP) is 1.77. The Balaban J connectivity index is 4.09. The quantitative estimate of drug-likeness (QED) is 0.473. The molecule has 6 heteroatoms. The second-order valence-electron chi connectivity index (χ2n) is 0.755. The Hall–Kier alpha value is 0.440. The fourth-order valence-electron chi connectivity index (χ4n) is 0. The monoisotopic (exact) mass is 162 g/mol. The van der Waals surface area contributed by atoms with E-state index in [9.17, 15) is 9.36 Å². The van der Waals surface area contributed by atoms with Gasteiger partial charge >= 0.3 is 11.7 Å². The second-order valence-corrected chi connectivity index (χ2v) is 4.15. The van der Waals surface area contributed by atoms with Crippen molar-refractivity contribution in [3.63, 3.8) is 0 Å². The Morgan fingerprint density at radius 3 is 1.86 bits per heavy atom. The Bertz CT molecular complexity index is 125. The Morgan fingerprint density at radius 2 is 1.86 bits per heavy atom. The van der Waals surface area contributed by atoms with Crippen molar-refractivity contribution in [2.24, 2.45) is 0 Å². The maximum absolute atomic E-state index is 9.75. The molecule has 0 aliphatic rings. The van der Waals surface area contributed by atoms with Crippen LogP contribution in [-0.2, 0) is 4.57 Å². The number of carbonyl (C=O) groups excluding carboxylic acids is 1. The van der Waals surface area contributed by atoms with Gasteiger partial charge in [0.1, 0.15) is 0 Å². The van der Waals surface area contributed by atoms with Crippen LogP contribution in [0.3, 0.4) is 0 Å². The minimum absolute atomic E-state index is 1.41. The molecule has 3 nitrogen and oxygen atoms in total. The van der Waals surface area contributed by atoms with Gasteiger partial charge in [-0.25, -0.2) is 0 Å². The summed E-state index contributed by atoms with van der Waals surface area (Å²) in [5, 5.41) is 0. The molecule has 0 radical (unpaired) electrons. The molecule has 1 unspecified atom stereocenters. The largest absolute Gasteiger partial charge is 0.368 e. The summed E-state index contributed by atoms with van der Waals surface area (Å²) >= 11 is 8.97. The fraction of sp³-hybridized carbons (Fsp3) is 0. The first kappa shape index (κ1) is 7.44. The molecule has 0 saturated heterocycles. The summed E-state index contributed by atoms with van der Waals surface area (Å²) in [5.41, 5.74) is 0. The van der Waals surface area contributed by atoms with E-state index in [4.69, 9.17) is 4.89 Å². The van der Waals surface area contributed by atoms with Gasteiger partial charge in [0.2, 0.25) is 0 Å². The van der Waals surface area contributed by atoms with Crippen molar-refractivity contribution in [1.82, 2.24) is 0 Å². The average molecular weight is 163 g/mol. The van der Waals surface area contributed by atoms with Crippen molar-refractivity contribution in [3.05, 3.63) is 0 Å². The highest BCUT2D eigenvalue weighted by Crippen LogP contribution is 2.49. The summed E-state index contributed by atoms with van der Waals surface area (Å²) in [7, 11) is 0. The van der Waals surface area contributed by atoms with Gasteiger partial charge in [-0.3, -0.25) is 9.36 Å². The third-order valence-electron chi connectivity index (χ3n) is 0.217. The van der Waals surface area contributed by atoms with Gasteiger partial charge < -0.3 is 4.89 Å². The summed E-state index contributed by atoms with van der Waals surface area (Å²) in [6.07, 6.45) is 0. The summed E-state index contributed by atoms with van der Waals surface area (Å²) in [6.45, 7) is -4.14. The van der Waals surface area contributed by atoms with Crippen LogP contribution in [0.5, 0.6) is 0 Å². The third-order valence-corrected chi connectivity index (χ3v) is 2.06. The van der Waals surface area contributed by atoms with Crippen LogP contribution in [0, 0.1) is 0 Å². The van der Waals surface area contributed by atoms with Gasteiger partial charge in [0.15, 0.2) is 0 Å². The molecule has 0 aromatic rings. The highest BCUT2D eigenvalue weighted by atomic mass is 35.7. The maximum atomic E-state index is 9.75. The zero-order chi connectivity index (χ0) is 6.08. The van der Waals surface area contributed by atoms with Crippen molar-refractivity contribution >= 4 is 34.5 Å². The summed E-state index contributed by atoms with van der Waals surface area (Å²) in [5.74, 6) is 0. The Labute approximate surface area is 49.5 Å². The fourth-order valence-corrected chi connectivity index (χ4v) is 0. The predicted molar refractivity (Wildman–Crippen MR) is 26.9 cm³/mol. The first-order chi connectivity index (χ1) is 2.94. The minimum Gasteiger partial charge on any atom is -0.327 e. The lowest BCUT2D eigenvalue weighted by Crippen LogP contribution is -1.74. The second kappa shape index (κ2) is 2.14. The molecule has 0 heterocycles. The molecule has 7 heavy (non-hydrogen) atoms. The zero-order valence-electron chi connectivity index (χ0n) is 2.97. The van der Waals surface area contributed by atoms with Gasteiger partial charge in [0.05, 0.1) is 0 Å². The lowest BCUT2D eigenvalue weighted by atomic mass is 11.8. The van der Waals surface area contributed by atoms with E-state index in [1.54, 1.807) is 0 Å². The van der Waals surface area contributed by atoms with E-state index < -0.39 is 11.7 Å². The molecule has 42 valence electrons. The summed E-state index contributed by atoms with van der Waals surface area (Å²) in [6, 6.07) is 0. The van der Waals surface area contributed by atoms with E-state index in [2.05, 4.69) is 22.8 Å². The van der Waals surface area contributed by atoms with Crippen LogP contribution < -0.4 is 0 Å². The summed E-state index contributed by atoms with van der Waals surface area (Å²) < 4.78 is 9.75. The van der Waals surface area contributed by atoms with Crippen LogP contribution in [0.1, 0.15) is 0 Å². The van der Waals surface area contributed by atoms with Crippen LogP contribution in [0.25, 0.3) is 0 Å². The topological polar surface area (TPSA) is 54.4 Å². The molecule has 0 fully saturated rings. The maximum Gasteiger partial charge on any atom is 0.368 e. The Morgan fingerprint density at radius 1 is 1.71 bits per heavy atom. The third kappa shape index (κ3) is 3.06. The molecule has 0 rings (SSSR count). The average Bonchev–Trinajstić information content (AvgIpc) is 1.31. The number of hydrogen-bond donors (Lipinski definition) is 1. The highest BCUT2D eigenvalue weighted by Gasteiger charge is 2.22. The molecule has 0 aliphatic heterocycles. The number of hydrogen-bond acceptors (Lipinski definition) is 2. The molecular weight excluding hydrogens is 162 g/mol. The van der Waals surface area contributed by atoms with E-state index in [1.165, 1.54) is 0 Å². The smallest absolute Gasteiger partial charge is 0.327 e. The minimum atomic E-state index is -4.14. The molecule has 0 amide bonds. The Kier molecular flexibility index (Phi) is 2.27. The van der Waals surface area contributed by atoms with Crippen LogP contribution in [0.15, 0.2) is 0 Å². The van der Waals surface area contributed by atoms with Crippen molar-refractivity contribution < 1.29 is 14.3 Å². The number of halogens is 2. The first-order valence-electron chi connectivity index (χ1n) is 1.17. The van der Waals surface area contributed by atoms with Crippen molar-refractivity contribution in [3.8, 4) is 0 Å². The van der Waals surface area contributed by atoms with Gasteiger partial charge in [-0.05, 0) is 22.8 Å². The van der Waals surface area contributed by atoms with Crippen molar-refractivity contribution in [2.75, 3.05) is 0 Å². The first-order valence-corrected chi connectivity index (χ1v) is 4.11. The molecule has 0 bridgehead atoms. The lowest BCUT2D eigenvalue weighted by molar-refractivity contribution is 0.272. The molecule has 0 aromatic carbocycles. The van der Waals surface area contributed by atoms with Gasteiger partial charge in [0, 0.05) is 0 Å².